The van der Waals surface area contributed by atoms with Crippen LogP contribution in [0.4, 0.5) is 0 Å². The number of carbonyl (C=O) groups excluding carboxylic acids is 2. The van der Waals surface area contributed by atoms with Crippen LogP contribution >= 0.6 is 0 Å². The molecule has 1 radical (unpaired) electrons. The summed E-state index contributed by atoms with van der Waals surface area (Å²) in [5.41, 5.74) is 0. The molecule has 0 aliphatic heterocycles. The molecule has 0 fully saturated rings. The van der Waals surface area contributed by atoms with Crippen LogP contribution in [0.15, 0.2) is 0 Å². The van der Waals surface area contributed by atoms with Crippen molar-refractivity contribution in [2.24, 2.45) is 0 Å². The Morgan fingerprint density at radius 2 is 2.29 bits per heavy atom. The second-order valence-electron chi connectivity index (χ2n) is 0.860. The largest absolute Gasteiger partial charge is 0.289 e. The lowest BCUT2D eigenvalue weighted by molar-refractivity contribution is -0.112. The molecule has 0 saturated heterocycles. The van der Waals surface area contributed by atoms with Gasteiger partial charge < -0.3 is 0 Å². The van der Waals surface area contributed by atoms with Gasteiger partial charge in [-0.05, 0) is 0 Å². The maximum atomic E-state index is 9.77. The second kappa shape index (κ2) is 3.04. The van der Waals surface area contributed by atoms with Crippen molar-refractivity contribution in [2.75, 3.05) is 0 Å². The van der Waals surface area contributed by atoms with E-state index in [1.807, 2.05) is 0 Å². The predicted molar refractivity (Wildman–Crippen MR) is 20.9 cm³/mol. The summed E-state index contributed by atoms with van der Waals surface area (Å²) < 4.78 is 0. The van der Waals surface area contributed by atoms with E-state index in [-0.39, 0.29) is 6.42 Å². The average Bonchev–Trinajstić information content (AvgIpc) is 1.68. The summed E-state index contributed by atoms with van der Waals surface area (Å²) in [7, 11) is 0. The van der Waals surface area contributed by atoms with Gasteiger partial charge in [0.15, 0.2) is 0 Å². The van der Waals surface area contributed by atoms with E-state index in [2.05, 4.69) is 0 Å². The Morgan fingerprint density at radius 1 is 1.71 bits per heavy atom. The fraction of sp³-hybridized carbons (Fsp3) is 0.250. The average molecular weight is 96.1 g/mol. The maximum Gasteiger partial charge on any atom is 0.273 e. The molecule has 0 aliphatic carbocycles. The van der Waals surface area contributed by atoms with Crippen molar-refractivity contribution < 1.29 is 9.59 Å². The molecule has 0 saturated carbocycles. The van der Waals surface area contributed by atoms with E-state index in [4.69, 9.17) is 5.26 Å². The quantitative estimate of drug-likeness (QED) is 0.438. The molecule has 0 heterocycles. The number of nitrogens with zero attached hydrogens (tertiary/aromatic N) is 1. The summed E-state index contributed by atoms with van der Waals surface area (Å²) in [6, 6.07) is 1.51. The Kier molecular flexibility index (Phi) is 2.53. The highest BCUT2D eigenvalue weighted by Crippen LogP contribution is 1.70. The summed E-state index contributed by atoms with van der Waals surface area (Å²) in [6.45, 7) is 0. The number of ketones is 1. The van der Waals surface area contributed by atoms with E-state index in [1.165, 1.54) is 6.07 Å². The van der Waals surface area contributed by atoms with Crippen LogP contribution in [0.3, 0.4) is 0 Å². The molecule has 0 aromatic heterocycles. The zero-order valence-electron chi connectivity index (χ0n) is 3.47. The Bertz CT molecular complexity index is 122. The van der Waals surface area contributed by atoms with Gasteiger partial charge in [-0.25, -0.2) is 0 Å². The van der Waals surface area contributed by atoms with Gasteiger partial charge in [0, 0.05) is 0 Å². The summed E-state index contributed by atoms with van der Waals surface area (Å²) in [5, 5.41) is 7.72. The minimum atomic E-state index is -0.789. The minimum absolute atomic E-state index is 0.358. The van der Waals surface area contributed by atoms with Crippen LogP contribution in [0.25, 0.3) is 0 Å². The highest BCUT2D eigenvalue weighted by Gasteiger charge is 1.94. The van der Waals surface area contributed by atoms with Crippen LogP contribution in [0.5, 0.6) is 0 Å². The lowest BCUT2D eigenvalue weighted by Crippen LogP contribution is -1.94. The van der Waals surface area contributed by atoms with Gasteiger partial charge in [0.2, 0.25) is 5.78 Å². The molecule has 0 aromatic carbocycles. The van der Waals surface area contributed by atoms with Gasteiger partial charge in [-0.2, -0.15) is 5.26 Å². The molecule has 0 bridgehead atoms. The van der Waals surface area contributed by atoms with Crippen molar-refractivity contribution in [3.8, 4) is 6.07 Å². The van der Waals surface area contributed by atoms with Gasteiger partial charge in [-0.3, -0.25) is 9.59 Å². The van der Waals surface area contributed by atoms with Crippen LogP contribution in [-0.2, 0) is 9.59 Å². The molecule has 0 spiro atoms. The second-order valence-corrected chi connectivity index (χ2v) is 0.860. The van der Waals surface area contributed by atoms with Gasteiger partial charge in [0.1, 0.15) is 6.42 Å². The molecule has 3 heteroatoms. The van der Waals surface area contributed by atoms with E-state index in [9.17, 15) is 9.59 Å². The zero-order valence-corrected chi connectivity index (χ0v) is 3.47. The maximum absolute atomic E-state index is 9.77. The SMILES string of the molecule is N#CCC(=O)[C]=O. The topological polar surface area (TPSA) is 57.9 Å². The van der Waals surface area contributed by atoms with Gasteiger partial charge in [0.25, 0.3) is 6.29 Å². The van der Waals surface area contributed by atoms with E-state index in [1.54, 1.807) is 0 Å². The van der Waals surface area contributed by atoms with Gasteiger partial charge >= 0.3 is 0 Å². The lowest BCUT2D eigenvalue weighted by Gasteiger charge is -1.67. The molecule has 0 atom stereocenters. The van der Waals surface area contributed by atoms with Gasteiger partial charge in [-0.1, -0.05) is 0 Å². The minimum Gasteiger partial charge on any atom is -0.289 e. The fourth-order valence-electron chi connectivity index (χ4n) is 0.108. The predicted octanol–water partition coefficient (Wildman–Crippen LogP) is -0.421. The molecule has 0 rings (SSSR count). The third-order valence-corrected chi connectivity index (χ3v) is 0.353. The van der Waals surface area contributed by atoms with Crippen molar-refractivity contribution in [3.05, 3.63) is 0 Å². The number of carbonyl (C=O) groups is 1. The van der Waals surface area contributed by atoms with Crippen molar-refractivity contribution in [1.29, 1.82) is 5.26 Å². The van der Waals surface area contributed by atoms with E-state index < -0.39 is 5.78 Å². The first-order valence-electron chi connectivity index (χ1n) is 1.59. The van der Waals surface area contributed by atoms with E-state index in [0.29, 0.717) is 0 Å². The monoisotopic (exact) mass is 96.0 g/mol. The molecule has 7 heavy (non-hydrogen) atoms. The highest BCUT2D eigenvalue weighted by atomic mass is 16.2. The molecule has 0 amide bonds. The molecule has 3 nitrogen and oxygen atoms in total. The summed E-state index contributed by atoms with van der Waals surface area (Å²) in [6.07, 6.45) is 0.697. The number of hydrogen-bond donors (Lipinski definition) is 0. The van der Waals surface area contributed by atoms with Crippen LogP contribution < -0.4 is 0 Å². The Hall–Kier alpha value is -1.17. The van der Waals surface area contributed by atoms with Crippen LogP contribution in [0, 0.1) is 11.3 Å². The van der Waals surface area contributed by atoms with Crippen molar-refractivity contribution in [3.63, 3.8) is 0 Å². The van der Waals surface area contributed by atoms with E-state index >= 15 is 0 Å². The normalized spacial score (nSPS) is 6.71. The van der Waals surface area contributed by atoms with Crippen LogP contribution in [-0.4, -0.2) is 12.1 Å². The summed E-state index contributed by atoms with van der Waals surface area (Å²) in [4.78, 5) is 19.0. The standard InChI is InChI=1S/C4H2NO2/c5-2-1-4(7)3-6/h1H2. The number of hydrogen-bond acceptors (Lipinski definition) is 3. The Balaban J connectivity index is 3.42. The van der Waals surface area contributed by atoms with Crippen LogP contribution in [0.1, 0.15) is 6.42 Å². The highest BCUT2D eigenvalue weighted by molar-refractivity contribution is 6.25. The third-order valence-electron chi connectivity index (χ3n) is 0.353. The van der Waals surface area contributed by atoms with Crippen molar-refractivity contribution in [2.45, 2.75) is 6.42 Å². The first-order valence-corrected chi connectivity index (χ1v) is 1.59. The first-order chi connectivity index (χ1) is 3.31. The number of rotatable bonds is 2. The summed E-state index contributed by atoms with van der Waals surface area (Å²) in [5.74, 6) is -0.789. The number of Topliss-reactive ketones (excluding diaryl/α,β-unsaturated/α-hetero) is 1. The third kappa shape index (κ3) is 2.64. The Labute approximate surface area is 40.5 Å². The smallest absolute Gasteiger partial charge is 0.273 e. The molecule has 0 N–H and O–H groups in total. The molecular weight excluding hydrogens is 94.0 g/mol. The van der Waals surface area contributed by atoms with Gasteiger partial charge in [-0.15, -0.1) is 0 Å². The van der Waals surface area contributed by atoms with Gasteiger partial charge in [0.05, 0.1) is 6.07 Å². The van der Waals surface area contributed by atoms with Crippen molar-refractivity contribution >= 4 is 12.1 Å². The number of nitriles is 1. The fourth-order valence-corrected chi connectivity index (χ4v) is 0.108. The Morgan fingerprint density at radius 3 is 2.43 bits per heavy atom. The zero-order chi connectivity index (χ0) is 5.70. The van der Waals surface area contributed by atoms with E-state index in [0.717, 1.165) is 6.29 Å². The van der Waals surface area contributed by atoms with Crippen LogP contribution in [0.2, 0.25) is 0 Å². The summed E-state index contributed by atoms with van der Waals surface area (Å²) >= 11 is 0. The molecule has 0 unspecified atom stereocenters. The molecule has 0 aromatic rings. The molecule has 0 aliphatic rings. The first kappa shape index (κ1) is 5.83. The molecular formula is C4H2NO2. The lowest BCUT2D eigenvalue weighted by atomic mass is 10.3. The van der Waals surface area contributed by atoms with Crippen molar-refractivity contribution in [1.82, 2.24) is 0 Å². The molecule has 35 valence electrons.